The number of fused-ring (bicyclic) bond motifs is 1. The molecule has 2 aromatic carbocycles. The minimum Gasteiger partial charge on any atom is -0.492 e. The average Bonchev–Trinajstić information content (AvgIpc) is 3.42. The number of carbonyl (C=O) groups is 2. The predicted octanol–water partition coefficient (Wildman–Crippen LogP) is 4.04. The van der Waals surface area contributed by atoms with Crippen molar-refractivity contribution in [3.63, 3.8) is 0 Å². The first-order valence-corrected chi connectivity index (χ1v) is 9.62. The molecule has 4 rings (SSSR count). The lowest BCUT2D eigenvalue weighted by Crippen LogP contribution is -2.21. The number of aromatic nitrogens is 2. The highest BCUT2D eigenvalue weighted by molar-refractivity contribution is 5.73. The second kappa shape index (κ2) is 10.1. The Kier molecular flexibility index (Phi) is 7.21. The first-order chi connectivity index (χ1) is 15.6. The summed E-state index contributed by atoms with van der Waals surface area (Å²) in [6, 6.07) is 13.7. The zero-order valence-corrected chi connectivity index (χ0v) is 17.0. The fraction of sp³-hybridized carbons (Fsp3) is 0.227. The van der Waals surface area contributed by atoms with E-state index in [-0.39, 0.29) is 12.3 Å². The zero-order valence-electron chi connectivity index (χ0n) is 17.0. The molecular weight excluding hydrogens is 445 g/mol. The van der Waals surface area contributed by atoms with Crippen LogP contribution >= 0.6 is 0 Å². The van der Waals surface area contributed by atoms with Crippen LogP contribution in [0.5, 0.6) is 11.5 Å². The lowest BCUT2D eigenvalue weighted by Gasteiger charge is -2.09. The van der Waals surface area contributed by atoms with E-state index < -0.39 is 18.1 Å². The van der Waals surface area contributed by atoms with Crippen molar-refractivity contribution in [2.45, 2.75) is 25.1 Å². The van der Waals surface area contributed by atoms with Crippen molar-refractivity contribution in [3.8, 4) is 17.2 Å². The summed E-state index contributed by atoms with van der Waals surface area (Å²) >= 11 is 0. The quantitative estimate of drug-likeness (QED) is 0.567. The van der Waals surface area contributed by atoms with Crippen LogP contribution in [0.1, 0.15) is 23.5 Å². The van der Waals surface area contributed by atoms with Gasteiger partial charge in [0.25, 0.3) is 0 Å². The van der Waals surface area contributed by atoms with E-state index in [1.54, 1.807) is 12.5 Å². The monoisotopic (exact) mass is 464 g/mol. The van der Waals surface area contributed by atoms with Crippen molar-refractivity contribution >= 4 is 11.9 Å². The number of carboxylic acid groups (broad SMARTS) is 2. The number of halogens is 3. The Morgan fingerprint density at radius 3 is 2.42 bits per heavy atom. The minimum absolute atomic E-state index is 0.0798. The molecule has 0 saturated carbocycles. The third-order valence-corrected chi connectivity index (χ3v) is 4.67. The van der Waals surface area contributed by atoms with E-state index in [9.17, 15) is 18.0 Å². The van der Waals surface area contributed by atoms with Gasteiger partial charge in [0.1, 0.15) is 18.1 Å². The number of hydrogen-bond donors (Lipinski definition) is 2. The normalized spacial score (nSPS) is 14.5. The van der Waals surface area contributed by atoms with Gasteiger partial charge in [-0.25, -0.2) is 9.78 Å². The van der Waals surface area contributed by atoms with Crippen LogP contribution in [0.25, 0.3) is 5.69 Å². The standard InChI is InChI=1S/C20H18N2O4.C2HF3O2/c23-20(24)9-15-12-26-19-10-17(5-6-18(15)19)25-11-14-1-3-16(4-2-14)22-8-7-21-13-22;3-2(4,5)1(6)7/h1-8,10,13,15H,9,11-12H2,(H,23,24);(H,6,7). The third kappa shape index (κ3) is 6.48. The van der Waals surface area contributed by atoms with Crippen LogP contribution in [0.3, 0.4) is 0 Å². The third-order valence-electron chi connectivity index (χ3n) is 4.67. The summed E-state index contributed by atoms with van der Waals surface area (Å²) in [6.45, 7) is 0.850. The van der Waals surface area contributed by atoms with E-state index in [4.69, 9.17) is 24.5 Å². The van der Waals surface area contributed by atoms with Gasteiger partial charge < -0.3 is 24.3 Å². The van der Waals surface area contributed by atoms with Gasteiger partial charge in [-0.3, -0.25) is 4.79 Å². The molecule has 2 N–H and O–H groups in total. The van der Waals surface area contributed by atoms with Crippen LogP contribution in [-0.2, 0) is 16.2 Å². The molecule has 2 heterocycles. The molecular formula is C22H19F3N2O6. The Labute approximate surface area is 185 Å². The Hall–Kier alpha value is -4.02. The molecule has 1 atom stereocenters. The van der Waals surface area contributed by atoms with Crippen molar-refractivity contribution in [2.75, 3.05) is 6.61 Å². The molecule has 8 nitrogen and oxygen atoms in total. The van der Waals surface area contributed by atoms with Crippen LogP contribution in [0, 0.1) is 0 Å². The Bertz CT molecular complexity index is 1100. The van der Waals surface area contributed by atoms with E-state index in [0.717, 1.165) is 16.8 Å². The van der Waals surface area contributed by atoms with Gasteiger partial charge in [-0.1, -0.05) is 18.2 Å². The van der Waals surface area contributed by atoms with E-state index in [1.807, 2.05) is 53.2 Å². The minimum atomic E-state index is -5.08. The van der Waals surface area contributed by atoms with Gasteiger partial charge >= 0.3 is 18.1 Å². The van der Waals surface area contributed by atoms with Gasteiger partial charge in [0, 0.05) is 35.6 Å². The van der Waals surface area contributed by atoms with Gasteiger partial charge in [-0.15, -0.1) is 0 Å². The lowest BCUT2D eigenvalue weighted by molar-refractivity contribution is -0.192. The molecule has 3 aromatic rings. The second-order valence-corrected chi connectivity index (χ2v) is 7.03. The predicted molar refractivity (Wildman–Crippen MR) is 109 cm³/mol. The molecule has 0 fully saturated rings. The van der Waals surface area contributed by atoms with Crippen molar-refractivity contribution in [3.05, 3.63) is 72.3 Å². The van der Waals surface area contributed by atoms with Gasteiger partial charge in [-0.2, -0.15) is 13.2 Å². The van der Waals surface area contributed by atoms with Crippen molar-refractivity contribution in [1.29, 1.82) is 0 Å². The molecule has 1 aliphatic rings. The highest BCUT2D eigenvalue weighted by atomic mass is 19.4. The first kappa shape index (κ1) is 23.6. The van der Waals surface area contributed by atoms with Crippen molar-refractivity contribution < 1.29 is 42.4 Å². The van der Waals surface area contributed by atoms with E-state index >= 15 is 0 Å². The van der Waals surface area contributed by atoms with Gasteiger partial charge in [0.15, 0.2) is 0 Å². The number of rotatable bonds is 6. The number of carboxylic acids is 2. The molecule has 33 heavy (non-hydrogen) atoms. The summed E-state index contributed by atoms with van der Waals surface area (Å²) in [5.74, 6) is -2.24. The molecule has 0 saturated heterocycles. The average molecular weight is 464 g/mol. The largest absolute Gasteiger partial charge is 0.492 e. The lowest BCUT2D eigenvalue weighted by atomic mass is 9.98. The molecule has 1 aromatic heterocycles. The van der Waals surface area contributed by atoms with Gasteiger partial charge in [0.2, 0.25) is 0 Å². The van der Waals surface area contributed by atoms with Crippen LogP contribution < -0.4 is 9.47 Å². The molecule has 11 heteroatoms. The summed E-state index contributed by atoms with van der Waals surface area (Å²) in [4.78, 5) is 23.8. The van der Waals surface area contributed by atoms with Crippen molar-refractivity contribution in [2.24, 2.45) is 0 Å². The fourth-order valence-electron chi connectivity index (χ4n) is 3.07. The summed E-state index contributed by atoms with van der Waals surface area (Å²) in [7, 11) is 0. The maximum absolute atomic E-state index is 10.9. The van der Waals surface area contributed by atoms with Crippen LogP contribution in [-0.4, -0.2) is 44.5 Å². The van der Waals surface area contributed by atoms with Gasteiger partial charge in [-0.05, 0) is 23.8 Å². The van der Waals surface area contributed by atoms with Crippen molar-refractivity contribution in [1.82, 2.24) is 9.55 Å². The number of alkyl halides is 3. The molecule has 0 amide bonds. The number of ether oxygens (including phenoxy) is 2. The fourth-order valence-corrected chi connectivity index (χ4v) is 3.07. The van der Waals surface area contributed by atoms with E-state index in [0.29, 0.717) is 24.7 Å². The van der Waals surface area contributed by atoms with Crippen LogP contribution in [0.15, 0.2) is 61.2 Å². The highest BCUT2D eigenvalue weighted by Gasteiger charge is 2.38. The number of imidazole rings is 1. The molecule has 0 bridgehead atoms. The van der Waals surface area contributed by atoms with E-state index in [2.05, 4.69) is 4.98 Å². The van der Waals surface area contributed by atoms with Crippen LogP contribution in [0.4, 0.5) is 13.2 Å². The Morgan fingerprint density at radius 2 is 1.85 bits per heavy atom. The smallest absolute Gasteiger partial charge is 0.490 e. The SMILES string of the molecule is O=C(O)C(F)(F)F.O=C(O)CC1COc2cc(OCc3ccc(-n4ccnc4)cc3)ccc21. The summed E-state index contributed by atoms with van der Waals surface area (Å²) in [5.41, 5.74) is 3.03. The molecule has 0 radical (unpaired) electrons. The highest BCUT2D eigenvalue weighted by Crippen LogP contribution is 2.38. The summed E-state index contributed by atoms with van der Waals surface area (Å²) in [6.07, 6.45) is 0.395. The molecule has 0 aliphatic carbocycles. The Balaban J connectivity index is 0.000000383. The maximum atomic E-state index is 10.9. The van der Waals surface area contributed by atoms with E-state index in [1.165, 1.54) is 0 Å². The first-order valence-electron chi connectivity index (χ1n) is 9.62. The zero-order chi connectivity index (χ0) is 24.0. The molecule has 174 valence electrons. The number of nitrogens with zero attached hydrogens (tertiary/aromatic N) is 2. The summed E-state index contributed by atoms with van der Waals surface area (Å²) < 4.78 is 45.1. The number of benzene rings is 2. The second-order valence-electron chi connectivity index (χ2n) is 7.03. The number of aliphatic carboxylic acids is 2. The molecule has 1 unspecified atom stereocenters. The maximum Gasteiger partial charge on any atom is 0.490 e. The number of hydrogen-bond acceptors (Lipinski definition) is 5. The van der Waals surface area contributed by atoms with Crippen LogP contribution in [0.2, 0.25) is 0 Å². The molecule has 1 aliphatic heterocycles. The Morgan fingerprint density at radius 1 is 1.15 bits per heavy atom. The van der Waals surface area contributed by atoms with Gasteiger partial charge in [0.05, 0.1) is 19.4 Å². The topological polar surface area (TPSA) is 111 Å². The molecule has 0 spiro atoms. The summed E-state index contributed by atoms with van der Waals surface area (Å²) in [5, 5.41) is 16.1.